The van der Waals surface area contributed by atoms with Gasteiger partial charge in [0.15, 0.2) is 11.5 Å². The Kier molecular flexibility index (Phi) is 5.01. The Morgan fingerprint density at radius 2 is 1.81 bits per heavy atom. The highest BCUT2D eigenvalue weighted by atomic mass is 16.5. The van der Waals surface area contributed by atoms with Crippen molar-refractivity contribution in [2.45, 2.75) is 45.7 Å². The summed E-state index contributed by atoms with van der Waals surface area (Å²) in [5.41, 5.74) is 5.04. The van der Waals surface area contributed by atoms with Gasteiger partial charge in [-0.05, 0) is 57.5 Å². The van der Waals surface area contributed by atoms with Crippen LogP contribution in [0.25, 0.3) is 33.4 Å². The summed E-state index contributed by atoms with van der Waals surface area (Å²) in [6.45, 7) is 10.4. The molecule has 1 aromatic carbocycles. The fourth-order valence-corrected chi connectivity index (χ4v) is 4.46. The van der Waals surface area contributed by atoms with E-state index in [1.807, 2.05) is 31.2 Å². The van der Waals surface area contributed by atoms with E-state index in [4.69, 9.17) is 19.1 Å². The van der Waals surface area contributed by atoms with E-state index in [-0.39, 0.29) is 5.54 Å². The second-order valence-corrected chi connectivity index (χ2v) is 9.48. The summed E-state index contributed by atoms with van der Waals surface area (Å²) < 4.78 is 11.3. The molecule has 0 aliphatic carbocycles. The van der Waals surface area contributed by atoms with Gasteiger partial charge in [-0.3, -0.25) is 0 Å². The Hall–Kier alpha value is -3.19. The van der Waals surface area contributed by atoms with Crippen LogP contribution in [0, 0.1) is 6.92 Å². The molecule has 0 saturated carbocycles. The minimum Gasteiger partial charge on any atom is -0.496 e. The number of aromatic nitrogens is 3. The summed E-state index contributed by atoms with van der Waals surface area (Å²) in [4.78, 5) is 16.5. The van der Waals surface area contributed by atoms with Gasteiger partial charge in [0, 0.05) is 43.2 Å². The molecular weight excluding hydrogens is 402 g/mol. The number of fused-ring (bicyclic) bond motifs is 2. The summed E-state index contributed by atoms with van der Waals surface area (Å²) in [5.74, 6) is 2.35. The maximum absolute atomic E-state index is 5.71. The highest BCUT2D eigenvalue weighted by molar-refractivity contribution is 5.86. The SMILES string of the molecule is COc1cc2nc(C)oc2cc1-c1ccc2nc(N3CCC(NC(C)(C)C)C3)ccc2n1. The van der Waals surface area contributed by atoms with Crippen LogP contribution in [0.5, 0.6) is 5.75 Å². The quantitative estimate of drug-likeness (QED) is 0.501. The minimum atomic E-state index is 0.117. The molecule has 1 aliphatic rings. The number of hydrogen-bond donors (Lipinski definition) is 1. The average molecular weight is 432 g/mol. The van der Waals surface area contributed by atoms with Gasteiger partial charge in [-0.25, -0.2) is 15.0 Å². The third-order valence-electron chi connectivity index (χ3n) is 5.77. The third-order valence-corrected chi connectivity index (χ3v) is 5.77. The molecule has 0 bridgehead atoms. The maximum atomic E-state index is 5.71. The predicted octanol–water partition coefficient (Wildman–Crippen LogP) is 4.72. The number of nitrogens with one attached hydrogen (secondary N) is 1. The summed E-state index contributed by atoms with van der Waals surface area (Å²) in [6.07, 6.45) is 1.12. The van der Waals surface area contributed by atoms with Crippen molar-refractivity contribution in [1.29, 1.82) is 0 Å². The zero-order valence-electron chi connectivity index (χ0n) is 19.3. The van der Waals surface area contributed by atoms with Crippen molar-refractivity contribution >= 4 is 28.0 Å². The van der Waals surface area contributed by atoms with Crippen molar-refractivity contribution in [3.05, 3.63) is 42.3 Å². The lowest BCUT2D eigenvalue weighted by molar-refractivity contribution is 0.373. The summed E-state index contributed by atoms with van der Waals surface area (Å²) in [7, 11) is 1.66. The lowest BCUT2D eigenvalue weighted by atomic mass is 10.1. The topological polar surface area (TPSA) is 76.3 Å². The molecule has 1 aliphatic heterocycles. The number of pyridine rings is 2. The van der Waals surface area contributed by atoms with Crippen LogP contribution in [-0.4, -0.2) is 46.7 Å². The average Bonchev–Trinajstić information content (AvgIpc) is 3.35. The number of methoxy groups -OCH3 is 1. The molecule has 0 amide bonds. The van der Waals surface area contributed by atoms with Crippen LogP contribution in [0.3, 0.4) is 0 Å². The molecule has 0 spiro atoms. The Labute approximate surface area is 187 Å². The molecule has 7 nitrogen and oxygen atoms in total. The van der Waals surface area contributed by atoms with Crippen molar-refractivity contribution in [3.63, 3.8) is 0 Å². The zero-order chi connectivity index (χ0) is 22.5. The van der Waals surface area contributed by atoms with Crippen LogP contribution >= 0.6 is 0 Å². The monoisotopic (exact) mass is 431 g/mol. The van der Waals surface area contributed by atoms with Gasteiger partial charge in [0.25, 0.3) is 0 Å². The summed E-state index contributed by atoms with van der Waals surface area (Å²) in [5, 5.41) is 3.70. The van der Waals surface area contributed by atoms with E-state index in [2.05, 4.69) is 48.1 Å². The Bertz CT molecular complexity index is 1290. The zero-order valence-corrected chi connectivity index (χ0v) is 19.3. The number of anilines is 1. The molecule has 1 unspecified atom stereocenters. The smallest absolute Gasteiger partial charge is 0.192 e. The molecule has 1 fully saturated rings. The van der Waals surface area contributed by atoms with Crippen LogP contribution in [0.1, 0.15) is 33.1 Å². The number of aryl methyl sites for hydroxylation is 1. The van der Waals surface area contributed by atoms with Gasteiger partial charge in [0.1, 0.15) is 17.1 Å². The minimum absolute atomic E-state index is 0.117. The third kappa shape index (κ3) is 4.00. The van der Waals surface area contributed by atoms with Crippen LogP contribution < -0.4 is 15.0 Å². The Morgan fingerprint density at radius 1 is 1.03 bits per heavy atom. The first-order valence-electron chi connectivity index (χ1n) is 11.0. The molecule has 1 saturated heterocycles. The largest absolute Gasteiger partial charge is 0.496 e. The molecule has 32 heavy (non-hydrogen) atoms. The first kappa shape index (κ1) is 20.7. The van der Waals surface area contributed by atoms with Crippen molar-refractivity contribution in [2.24, 2.45) is 0 Å². The van der Waals surface area contributed by atoms with E-state index in [1.165, 1.54) is 0 Å². The van der Waals surface area contributed by atoms with E-state index >= 15 is 0 Å². The molecule has 7 heteroatoms. The highest BCUT2D eigenvalue weighted by Crippen LogP contribution is 2.34. The standard InChI is InChI=1S/C25H29N5O2/c1-15-26-21-13-22(31-5)17(12-23(21)32-15)18-6-7-20-19(27-18)8-9-24(28-20)30-11-10-16(14-30)29-25(2,3)4/h6-9,12-13,16,29H,10-11,14H2,1-5H3. The Balaban J connectivity index is 1.44. The second-order valence-electron chi connectivity index (χ2n) is 9.48. The number of oxazole rings is 1. The number of benzene rings is 1. The molecule has 5 rings (SSSR count). The van der Waals surface area contributed by atoms with Crippen molar-refractivity contribution in [1.82, 2.24) is 20.3 Å². The van der Waals surface area contributed by atoms with Gasteiger partial charge in [-0.15, -0.1) is 0 Å². The predicted molar refractivity (Wildman–Crippen MR) is 127 cm³/mol. The van der Waals surface area contributed by atoms with Gasteiger partial charge in [-0.2, -0.15) is 0 Å². The Morgan fingerprint density at radius 3 is 2.59 bits per heavy atom. The number of ether oxygens (including phenoxy) is 1. The second kappa shape index (κ2) is 7.74. The number of nitrogens with zero attached hydrogens (tertiary/aromatic N) is 4. The number of hydrogen-bond acceptors (Lipinski definition) is 7. The van der Waals surface area contributed by atoms with Gasteiger partial charge in [0.2, 0.25) is 0 Å². The van der Waals surface area contributed by atoms with Crippen LogP contribution in [0.15, 0.2) is 40.8 Å². The van der Waals surface area contributed by atoms with Crippen LogP contribution in [0.2, 0.25) is 0 Å². The molecule has 166 valence electrons. The first-order chi connectivity index (χ1) is 15.3. The van der Waals surface area contributed by atoms with Crippen LogP contribution in [-0.2, 0) is 0 Å². The lowest BCUT2D eigenvalue weighted by Gasteiger charge is -2.26. The number of rotatable bonds is 4. The molecule has 0 radical (unpaired) electrons. The lowest BCUT2D eigenvalue weighted by Crippen LogP contribution is -2.44. The van der Waals surface area contributed by atoms with Crippen molar-refractivity contribution in [2.75, 3.05) is 25.1 Å². The van der Waals surface area contributed by atoms with Gasteiger partial charge in [0.05, 0.1) is 23.8 Å². The molecular formula is C25H29N5O2. The van der Waals surface area contributed by atoms with Crippen molar-refractivity contribution in [3.8, 4) is 17.0 Å². The van der Waals surface area contributed by atoms with Gasteiger partial charge < -0.3 is 19.4 Å². The van der Waals surface area contributed by atoms with E-state index in [0.29, 0.717) is 11.9 Å². The molecule has 4 aromatic rings. The normalized spacial score (nSPS) is 16.9. The molecule has 3 aromatic heterocycles. The first-order valence-corrected chi connectivity index (χ1v) is 11.0. The fraction of sp³-hybridized carbons (Fsp3) is 0.400. The van der Waals surface area contributed by atoms with E-state index in [0.717, 1.165) is 64.5 Å². The maximum Gasteiger partial charge on any atom is 0.192 e. The van der Waals surface area contributed by atoms with Gasteiger partial charge >= 0.3 is 0 Å². The molecule has 1 N–H and O–H groups in total. The van der Waals surface area contributed by atoms with Crippen LogP contribution in [0.4, 0.5) is 5.82 Å². The summed E-state index contributed by atoms with van der Waals surface area (Å²) in [6, 6.07) is 12.4. The van der Waals surface area contributed by atoms with Crippen molar-refractivity contribution < 1.29 is 9.15 Å². The van der Waals surface area contributed by atoms with E-state index < -0.39 is 0 Å². The highest BCUT2D eigenvalue weighted by Gasteiger charge is 2.26. The molecule has 4 heterocycles. The summed E-state index contributed by atoms with van der Waals surface area (Å²) >= 11 is 0. The van der Waals surface area contributed by atoms with E-state index in [9.17, 15) is 0 Å². The van der Waals surface area contributed by atoms with E-state index in [1.54, 1.807) is 7.11 Å². The fourth-order valence-electron chi connectivity index (χ4n) is 4.46. The molecule has 1 atom stereocenters. The van der Waals surface area contributed by atoms with Gasteiger partial charge in [-0.1, -0.05) is 0 Å².